The van der Waals surface area contributed by atoms with E-state index in [0.29, 0.717) is 0 Å². The lowest BCUT2D eigenvalue weighted by atomic mass is 10.1. The number of fused-ring (bicyclic) bond motifs is 2. The fraction of sp³-hybridized carbons (Fsp3) is 0.267. The number of para-hydroxylation sites is 1. The van der Waals surface area contributed by atoms with Crippen LogP contribution in [0.2, 0.25) is 0 Å². The van der Waals surface area contributed by atoms with Crippen molar-refractivity contribution in [2.75, 3.05) is 18.0 Å². The molecule has 6 heteroatoms. The first-order valence-corrected chi connectivity index (χ1v) is 7.07. The van der Waals surface area contributed by atoms with Gasteiger partial charge in [-0.25, -0.2) is 4.98 Å². The molecular weight excluding hydrogens is 264 g/mol. The quantitative estimate of drug-likeness (QED) is 0.735. The molecule has 0 bridgehead atoms. The van der Waals surface area contributed by atoms with Crippen molar-refractivity contribution in [3.8, 4) is 0 Å². The Bertz CT molecular complexity index is 794. The fourth-order valence-electron chi connectivity index (χ4n) is 2.80. The van der Waals surface area contributed by atoms with Crippen molar-refractivity contribution < 1.29 is 0 Å². The molecule has 0 unspecified atom stereocenters. The third-order valence-corrected chi connectivity index (χ3v) is 3.84. The molecule has 0 aliphatic carbocycles. The zero-order valence-electron chi connectivity index (χ0n) is 11.8. The van der Waals surface area contributed by atoms with Gasteiger partial charge in [0.05, 0.1) is 0 Å². The Morgan fingerprint density at radius 3 is 3.05 bits per heavy atom. The number of hydrogen-bond acceptors (Lipinski definition) is 5. The molecule has 21 heavy (non-hydrogen) atoms. The smallest absolute Gasteiger partial charge is 0.204 e. The molecule has 0 spiro atoms. The van der Waals surface area contributed by atoms with Gasteiger partial charge in [-0.1, -0.05) is 18.2 Å². The highest BCUT2D eigenvalue weighted by Gasteiger charge is 2.20. The second-order valence-electron chi connectivity index (χ2n) is 5.15. The first kappa shape index (κ1) is 12.3. The monoisotopic (exact) mass is 280 g/mol. The Morgan fingerprint density at radius 2 is 2.10 bits per heavy atom. The summed E-state index contributed by atoms with van der Waals surface area (Å²) in [6, 6.07) is 8.41. The van der Waals surface area contributed by atoms with Gasteiger partial charge in [0, 0.05) is 37.7 Å². The van der Waals surface area contributed by atoms with Crippen molar-refractivity contribution in [1.29, 1.82) is 0 Å². The summed E-state index contributed by atoms with van der Waals surface area (Å²) in [5.74, 6) is 1.73. The number of benzene rings is 1. The maximum Gasteiger partial charge on any atom is 0.204 e. The summed E-state index contributed by atoms with van der Waals surface area (Å²) < 4.78 is 1.98. The van der Waals surface area contributed by atoms with E-state index in [1.165, 1.54) is 11.3 Å². The fourth-order valence-corrected chi connectivity index (χ4v) is 2.80. The molecule has 6 nitrogen and oxygen atoms in total. The normalized spacial score (nSPS) is 15.0. The Kier molecular flexibility index (Phi) is 2.82. The van der Waals surface area contributed by atoms with Crippen molar-refractivity contribution in [1.82, 2.24) is 24.9 Å². The number of anilines is 2. The Balaban J connectivity index is 1.92. The predicted molar refractivity (Wildman–Crippen MR) is 80.7 cm³/mol. The van der Waals surface area contributed by atoms with Crippen LogP contribution in [0.1, 0.15) is 11.4 Å². The van der Waals surface area contributed by atoms with Gasteiger partial charge in [-0.05, 0) is 18.6 Å². The van der Waals surface area contributed by atoms with Gasteiger partial charge >= 0.3 is 0 Å². The minimum absolute atomic E-state index is 0.798. The second kappa shape index (κ2) is 4.82. The van der Waals surface area contributed by atoms with Gasteiger partial charge < -0.3 is 10.2 Å². The van der Waals surface area contributed by atoms with E-state index >= 15 is 0 Å². The van der Waals surface area contributed by atoms with E-state index in [2.05, 4.69) is 49.7 Å². The molecule has 0 radical (unpaired) electrons. The molecule has 4 rings (SSSR count). The molecular formula is C15H16N6. The Labute approximate surface area is 122 Å². The van der Waals surface area contributed by atoms with Crippen LogP contribution < -0.4 is 10.2 Å². The van der Waals surface area contributed by atoms with Crippen LogP contribution in [0.4, 0.5) is 11.5 Å². The zero-order valence-corrected chi connectivity index (χ0v) is 11.8. The number of hydrogen-bond donors (Lipinski definition) is 1. The molecule has 106 valence electrons. The molecule has 0 fully saturated rings. The summed E-state index contributed by atoms with van der Waals surface area (Å²) in [7, 11) is 0. The molecule has 0 saturated carbocycles. The lowest BCUT2D eigenvalue weighted by Crippen LogP contribution is -2.25. The maximum atomic E-state index is 4.56. The van der Waals surface area contributed by atoms with E-state index in [1.807, 2.05) is 17.5 Å². The van der Waals surface area contributed by atoms with E-state index in [4.69, 9.17) is 0 Å². The van der Waals surface area contributed by atoms with Crippen LogP contribution in [-0.4, -0.2) is 32.7 Å². The molecule has 0 saturated heterocycles. The molecule has 0 atom stereocenters. The lowest BCUT2D eigenvalue weighted by Gasteiger charge is -2.23. The summed E-state index contributed by atoms with van der Waals surface area (Å²) in [5.41, 5.74) is 3.26. The molecule has 0 amide bonds. The molecule has 1 N–H and O–H groups in total. The van der Waals surface area contributed by atoms with Crippen LogP contribution in [0.25, 0.3) is 5.65 Å². The molecule has 3 heterocycles. The van der Waals surface area contributed by atoms with E-state index in [-0.39, 0.29) is 0 Å². The zero-order chi connectivity index (χ0) is 14.2. The molecule has 1 aliphatic heterocycles. The van der Waals surface area contributed by atoms with Gasteiger partial charge in [0.2, 0.25) is 5.65 Å². The van der Waals surface area contributed by atoms with Crippen molar-refractivity contribution in [2.45, 2.75) is 13.5 Å². The molecule has 2 aromatic heterocycles. The summed E-state index contributed by atoms with van der Waals surface area (Å²) in [5, 5.41) is 11.9. The van der Waals surface area contributed by atoms with E-state index in [0.717, 1.165) is 36.9 Å². The highest BCUT2D eigenvalue weighted by Crippen LogP contribution is 2.30. The standard InChI is InChI=1S/C15H16N6/c1-11-18-19-15-14(17-7-9-20(11)15)21-8-6-16-10-12-4-2-3-5-13(12)21/h2-5,7,9,16H,6,8,10H2,1H3. The topological polar surface area (TPSA) is 58.4 Å². The Morgan fingerprint density at radius 1 is 1.19 bits per heavy atom. The van der Waals surface area contributed by atoms with Gasteiger partial charge in [-0.2, -0.15) is 0 Å². The first-order chi connectivity index (χ1) is 10.3. The van der Waals surface area contributed by atoms with Crippen LogP contribution in [0, 0.1) is 6.92 Å². The summed E-state index contributed by atoms with van der Waals surface area (Å²) in [4.78, 5) is 6.78. The van der Waals surface area contributed by atoms with E-state index < -0.39 is 0 Å². The van der Waals surface area contributed by atoms with Crippen LogP contribution in [0.3, 0.4) is 0 Å². The number of aromatic nitrogens is 4. The summed E-state index contributed by atoms with van der Waals surface area (Å²) >= 11 is 0. The van der Waals surface area contributed by atoms with Crippen LogP contribution in [0.5, 0.6) is 0 Å². The molecule has 3 aromatic rings. The van der Waals surface area contributed by atoms with Gasteiger partial charge in [0.25, 0.3) is 0 Å². The van der Waals surface area contributed by atoms with Crippen molar-refractivity contribution in [3.05, 3.63) is 48.0 Å². The van der Waals surface area contributed by atoms with Crippen LogP contribution in [-0.2, 0) is 6.54 Å². The third kappa shape index (κ3) is 1.95. The highest BCUT2D eigenvalue weighted by molar-refractivity contribution is 5.74. The largest absolute Gasteiger partial charge is 0.322 e. The molecule has 1 aliphatic rings. The van der Waals surface area contributed by atoms with Crippen molar-refractivity contribution in [3.63, 3.8) is 0 Å². The van der Waals surface area contributed by atoms with Crippen LogP contribution >= 0.6 is 0 Å². The number of nitrogens with zero attached hydrogens (tertiary/aromatic N) is 5. The average Bonchev–Trinajstić information content (AvgIpc) is 2.78. The van der Waals surface area contributed by atoms with Gasteiger partial charge in [0.15, 0.2) is 5.82 Å². The SMILES string of the molecule is Cc1nnc2c(N3CCNCc4ccccc43)nccn12. The lowest BCUT2D eigenvalue weighted by molar-refractivity contribution is 0.711. The second-order valence-corrected chi connectivity index (χ2v) is 5.15. The Hall–Kier alpha value is -2.47. The summed E-state index contributed by atoms with van der Waals surface area (Å²) in [6.07, 6.45) is 3.70. The van der Waals surface area contributed by atoms with Gasteiger partial charge in [-0.3, -0.25) is 4.40 Å². The third-order valence-electron chi connectivity index (χ3n) is 3.84. The van der Waals surface area contributed by atoms with E-state index in [9.17, 15) is 0 Å². The van der Waals surface area contributed by atoms with Crippen molar-refractivity contribution >= 4 is 17.2 Å². The first-order valence-electron chi connectivity index (χ1n) is 7.07. The van der Waals surface area contributed by atoms with Crippen LogP contribution in [0.15, 0.2) is 36.7 Å². The minimum atomic E-state index is 0.798. The highest BCUT2D eigenvalue weighted by atomic mass is 15.3. The summed E-state index contributed by atoms with van der Waals surface area (Å²) in [6.45, 7) is 4.59. The van der Waals surface area contributed by atoms with E-state index in [1.54, 1.807) is 6.20 Å². The number of nitrogens with one attached hydrogen (secondary N) is 1. The van der Waals surface area contributed by atoms with Gasteiger partial charge in [0.1, 0.15) is 5.82 Å². The average molecular weight is 280 g/mol. The number of aryl methyl sites for hydroxylation is 1. The van der Waals surface area contributed by atoms with Gasteiger partial charge in [-0.15, -0.1) is 10.2 Å². The minimum Gasteiger partial charge on any atom is -0.322 e. The molecule has 1 aromatic carbocycles. The maximum absolute atomic E-state index is 4.56. The number of rotatable bonds is 1. The predicted octanol–water partition coefficient (Wildman–Crippen LogP) is 1.67. The van der Waals surface area contributed by atoms with Crippen molar-refractivity contribution in [2.24, 2.45) is 0 Å².